The minimum atomic E-state index is -0.233. The van der Waals surface area contributed by atoms with Gasteiger partial charge in [0, 0.05) is 11.3 Å². The zero-order valence-electron chi connectivity index (χ0n) is 9.22. The fourth-order valence-corrected chi connectivity index (χ4v) is 2.29. The van der Waals surface area contributed by atoms with Gasteiger partial charge >= 0.3 is 0 Å². The average Bonchev–Trinajstić information content (AvgIpc) is 2.65. The van der Waals surface area contributed by atoms with Gasteiger partial charge in [-0.3, -0.25) is 9.59 Å². The molecule has 0 fully saturated rings. The van der Waals surface area contributed by atoms with Gasteiger partial charge in [-0.15, -0.1) is 0 Å². The molecule has 0 radical (unpaired) electrons. The Labute approximate surface area is 113 Å². The van der Waals surface area contributed by atoms with Crippen molar-refractivity contribution in [2.75, 3.05) is 5.32 Å². The van der Waals surface area contributed by atoms with E-state index in [1.807, 2.05) is 6.92 Å². The summed E-state index contributed by atoms with van der Waals surface area (Å²) in [4.78, 5) is 23.0. The second-order valence-electron chi connectivity index (χ2n) is 3.95. The molecule has 0 saturated carbocycles. The molecule has 0 saturated heterocycles. The molecule has 1 heterocycles. The first-order valence-corrected chi connectivity index (χ1v) is 6.62. The number of alkyl halides is 1. The molecule has 1 unspecified atom stereocenters. The van der Waals surface area contributed by atoms with Crippen LogP contribution < -0.4 is 5.32 Å². The normalized spacial score (nSPS) is 15.4. The number of hydrogen-bond acceptors (Lipinski definition) is 2. The summed E-state index contributed by atoms with van der Waals surface area (Å²) in [6.45, 7) is 1.92. The van der Waals surface area contributed by atoms with E-state index in [1.165, 1.54) is 0 Å². The molecule has 1 aliphatic rings. The minimum Gasteiger partial charge on any atom is -0.325 e. The molecular formula is C12H11BrClNO2. The molecule has 3 nitrogen and oxygen atoms in total. The molecule has 90 valence electrons. The molecule has 1 atom stereocenters. The minimum absolute atomic E-state index is 0.0420. The predicted molar refractivity (Wildman–Crippen MR) is 71.1 cm³/mol. The topological polar surface area (TPSA) is 46.2 Å². The molecule has 1 aromatic carbocycles. The third-order valence-electron chi connectivity index (χ3n) is 2.73. The van der Waals surface area contributed by atoms with Crippen molar-refractivity contribution in [1.29, 1.82) is 0 Å². The van der Waals surface area contributed by atoms with E-state index in [4.69, 9.17) is 11.6 Å². The number of benzene rings is 1. The Hall–Kier alpha value is -0.870. The number of carbonyl (C=O) groups is 2. The Bertz CT molecular complexity index is 502. The van der Waals surface area contributed by atoms with Crippen LogP contribution in [0.3, 0.4) is 0 Å². The number of fused-ring (bicyclic) bond motifs is 1. The average molecular weight is 317 g/mol. The first-order valence-electron chi connectivity index (χ1n) is 5.33. The lowest BCUT2D eigenvalue weighted by Crippen LogP contribution is -2.13. The lowest BCUT2D eigenvalue weighted by atomic mass is 10.0. The van der Waals surface area contributed by atoms with E-state index in [9.17, 15) is 9.59 Å². The monoisotopic (exact) mass is 315 g/mol. The van der Waals surface area contributed by atoms with E-state index in [-0.39, 0.29) is 16.5 Å². The molecular weight excluding hydrogens is 305 g/mol. The first kappa shape index (κ1) is 12.6. The van der Waals surface area contributed by atoms with Crippen LogP contribution in [0.2, 0.25) is 5.02 Å². The highest BCUT2D eigenvalue weighted by molar-refractivity contribution is 9.10. The molecule has 1 N–H and O–H groups in total. The van der Waals surface area contributed by atoms with E-state index in [1.54, 1.807) is 12.1 Å². The standard InChI is InChI=1S/C12H11BrClNO2/c1-2-8(13)12(17)7-3-6-4-11(16)15-10(6)5-9(7)14/h3,5,8H,2,4H2,1H3,(H,15,16). The number of hydrogen-bond donors (Lipinski definition) is 1. The van der Waals surface area contributed by atoms with E-state index < -0.39 is 0 Å². The Morgan fingerprint density at radius 3 is 2.94 bits per heavy atom. The summed E-state index contributed by atoms with van der Waals surface area (Å²) in [7, 11) is 0. The zero-order chi connectivity index (χ0) is 12.6. The molecule has 0 aliphatic carbocycles. The van der Waals surface area contributed by atoms with Gasteiger partial charge in [0.15, 0.2) is 5.78 Å². The van der Waals surface area contributed by atoms with Crippen LogP contribution in [-0.4, -0.2) is 16.5 Å². The van der Waals surface area contributed by atoms with Crippen molar-refractivity contribution in [1.82, 2.24) is 0 Å². The maximum absolute atomic E-state index is 12.0. The molecule has 0 spiro atoms. The Morgan fingerprint density at radius 1 is 1.59 bits per heavy atom. The first-order chi connectivity index (χ1) is 8.02. The lowest BCUT2D eigenvalue weighted by Gasteiger charge is -2.09. The van der Waals surface area contributed by atoms with Crippen LogP contribution >= 0.6 is 27.5 Å². The highest BCUT2D eigenvalue weighted by atomic mass is 79.9. The quantitative estimate of drug-likeness (QED) is 0.687. The van der Waals surface area contributed by atoms with Crippen LogP contribution in [0.25, 0.3) is 0 Å². The van der Waals surface area contributed by atoms with Crippen LogP contribution in [0.1, 0.15) is 29.3 Å². The molecule has 1 aromatic rings. The number of ketones is 1. The van der Waals surface area contributed by atoms with Crippen molar-refractivity contribution < 1.29 is 9.59 Å². The fourth-order valence-electron chi connectivity index (χ4n) is 1.79. The van der Waals surface area contributed by atoms with Gasteiger partial charge in [0.1, 0.15) is 0 Å². The highest BCUT2D eigenvalue weighted by Crippen LogP contribution is 2.31. The lowest BCUT2D eigenvalue weighted by molar-refractivity contribution is -0.115. The summed E-state index contributed by atoms with van der Waals surface area (Å²) >= 11 is 9.37. The Balaban J connectivity index is 2.40. The van der Waals surface area contributed by atoms with Gasteiger partial charge in [-0.25, -0.2) is 0 Å². The van der Waals surface area contributed by atoms with Gasteiger partial charge in [-0.2, -0.15) is 0 Å². The van der Waals surface area contributed by atoms with Gasteiger partial charge < -0.3 is 5.32 Å². The van der Waals surface area contributed by atoms with Crippen molar-refractivity contribution in [3.8, 4) is 0 Å². The number of Topliss-reactive ketones (excluding diaryl/α,β-unsaturated/α-hetero) is 1. The van der Waals surface area contributed by atoms with Gasteiger partial charge in [-0.05, 0) is 24.1 Å². The third-order valence-corrected chi connectivity index (χ3v) is 4.10. The van der Waals surface area contributed by atoms with Gasteiger partial charge in [0.2, 0.25) is 5.91 Å². The highest BCUT2D eigenvalue weighted by Gasteiger charge is 2.24. The molecule has 17 heavy (non-hydrogen) atoms. The Morgan fingerprint density at radius 2 is 2.29 bits per heavy atom. The maximum atomic E-state index is 12.0. The molecule has 5 heteroatoms. The number of carbonyl (C=O) groups excluding carboxylic acids is 2. The van der Waals surface area contributed by atoms with E-state index >= 15 is 0 Å². The van der Waals surface area contributed by atoms with Crippen LogP contribution in [0, 0.1) is 0 Å². The van der Waals surface area contributed by atoms with Crippen LogP contribution in [0.15, 0.2) is 12.1 Å². The van der Waals surface area contributed by atoms with E-state index in [0.717, 1.165) is 5.56 Å². The SMILES string of the molecule is CCC(Br)C(=O)c1cc2c(cc1Cl)NC(=O)C2. The van der Waals surface area contributed by atoms with Crippen molar-refractivity contribution >= 4 is 44.9 Å². The molecule has 0 aromatic heterocycles. The van der Waals surface area contributed by atoms with Crippen LogP contribution in [0.5, 0.6) is 0 Å². The summed E-state index contributed by atoms with van der Waals surface area (Å²) in [5, 5.41) is 3.08. The molecule has 1 amide bonds. The zero-order valence-corrected chi connectivity index (χ0v) is 11.6. The fraction of sp³-hybridized carbons (Fsp3) is 0.333. The van der Waals surface area contributed by atoms with Crippen molar-refractivity contribution in [2.45, 2.75) is 24.6 Å². The van der Waals surface area contributed by atoms with Crippen molar-refractivity contribution in [3.63, 3.8) is 0 Å². The third kappa shape index (κ3) is 2.38. The van der Waals surface area contributed by atoms with Crippen LogP contribution in [-0.2, 0) is 11.2 Å². The second-order valence-corrected chi connectivity index (χ2v) is 5.47. The van der Waals surface area contributed by atoms with Crippen LogP contribution in [0.4, 0.5) is 5.69 Å². The summed E-state index contributed by atoms with van der Waals surface area (Å²) in [6, 6.07) is 3.35. The summed E-state index contributed by atoms with van der Waals surface area (Å²) < 4.78 is 0. The number of rotatable bonds is 3. The second kappa shape index (κ2) is 4.78. The number of amides is 1. The van der Waals surface area contributed by atoms with Crippen molar-refractivity contribution in [3.05, 3.63) is 28.3 Å². The molecule has 0 bridgehead atoms. The maximum Gasteiger partial charge on any atom is 0.228 e. The van der Waals surface area contributed by atoms with Gasteiger partial charge in [0.25, 0.3) is 0 Å². The summed E-state index contributed by atoms with van der Waals surface area (Å²) in [5.74, 6) is -0.105. The van der Waals surface area contributed by atoms with Crippen molar-refractivity contribution in [2.24, 2.45) is 0 Å². The Kier molecular flexibility index (Phi) is 3.54. The number of halogens is 2. The largest absolute Gasteiger partial charge is 0.325 e. The van der Waals surface area contributed by atoms with Gasteiger partial charge in [0.05, 0.1) is 16.3 Å². The molecule has 1 aliphatic heterocycles. The number of nitrogens with one attached hydrogen (secondary N) is 1. The molecule has 2 rings (SSSR count). The predicted octanol–water partition coefficient (Wildman–Crippen LogP) is 3.19. The number of anilines is 1. The van der Waals surface area contributed by atoms with E-state index in [2.05, 4.69) is 21.2 Å². The van der Waals surface area contributed by atoms with E-state index in [0.29, 0.717) is 29.1 Å². The summed E-state index contributed by atoms with van der Waals surface area (Å²) in [5.41, 5.74) is 2.02. The smallest absolute Gasteiger partial charge is 0.228 e. The van der Waals surface area contributed by atoms with Gasteiger partial charge in [-0.1, -0.05) is 34.5 Å². The summed E-state index contributed by atoms with van der Waals surface area (Å²) in [6.07, 6.45) is 1.01.